The minimum atomic E-state index is -0.777. The molecule has 1 atom stereocenters. The van der Waals surface area contributed by atoms with Crippen LogP contribution in [0.5, 0.6) is 5.75 Å². The second-order valence-corrected chi connectivity index (χ2v) is 7.09. The molecule has 1 saturated heterocycles. The van der Waals surface area contributed by atoms with Crippen molar-refractivity contribution in [2.24, 2.45) is 0 Å². The highest BCUT2D eigenvalue weighted by molar-refractivity contribution is 6.06. The molecule has 0 aliphatic carbocycles. The molecule has 2 amide bonds. The average Bonchev–Trinajstić information content (AvgIpc) is 3.23. The van der Waals surface area contributed by atoms with Gasteiger partial charge in [0.25, 0.3) is 0 Å². The van der Waals surface area contributed by atoms with Gasteiger partial charge in [0.05, 0.1) is 23.8 Å². The van der Waals surface area contributed by atoms with Crippen LogP contribution < -0.4 is 26.0 Å². The minimum absolute atomic E-state index is 0.0216. The first-order valence-corrected chi connectivity index (χ1v) is 9.81. The number of amides is 2. The number of fused-ring (bicyclic) bond motifs is 1. The normalized spacial score (nSPS) is 18.2. The van der Waals surface area contributed by atoms with Crippen LogP contribution in [-0.4, -0.2) is 41.5 Å². The fourth-order valence-corrected chi connectivity index (χ4v) is 3.74. The van der Waals surface area contributed by atoms with Crippen LogP contribution in [0.2, 0.25) is 0 Å². The molecular weight excluding hydrogens is 372 g/mol. The van der Waals surface area contributed by atoms with E-state index in [1.807, 2.05) is 17.9 Å². The number of nitrogens with two attached hydrogens (primary N) is 1. The first-order chi connectivity index (χ1) is 14.1. The smallest absolute Gasteiger partial charge is 0.232 e. The summed E-state index contributed by atoms with van der Waals surface area (Å²) in [5.74, 6) is 0.183. The lowest BCUT2D eigenvalue weighted by atomic mass is 9.92. The van der Waals surface area contributed by atoms with Crippen molar-refractivity contribution in [3.63, 3.8) is 0 Å². The van der Waals surface area contributed by atoms with Crippen molar-refractivity contribution in [3.8, 4) is 5.75 Å². The lowest BCUT2D eigenvalue weighted by Crippen LogP contribution is -2.33. The van der Waals surface area contributed by atoms with Crippen molar-refractivity contribution in [2.75, 3.05) is 41.0 Å². The van der Waals surface area contributed by atoms with Gasteiger partial charge in [-0.15, -0.1) is 0 Å². The van der Waals surface area contributed by atoms with E-state index >= 15 is 0 Å². The van der Waals surface area contributed by atoms with Gasteiger partial charge in [-0.1, -0.05) is 12.1 Å². The number of rotatable bonds is 5. The summed E-state index contributed by atoms with van der Waals surface area (Å²) >= 11 is 0. The SMILES string of the molecule is CCOc1ccccc1NC(=O)[C@H]1CC(=O)Nc2nc(N3CCCC3)nc(N)c21. The van der Waals surface area contributed by atoms with E-state index in [9.17, 15) is 9.59 Å². The van der Waals surface area contributed by atoms with Gasteiger partial charge >= 0.3 is 0 Å². The van der Waals surface area contributed by atoms with Crippen LogP contribution in [0, 0.1) is 0 Å². The Hall–Kier alpha value is -3.36. The molecule has 2 aliphatic heterocycles. The number of nitrogens with zero attached hydrogens (tertiary/aromatic N) is 3. The predicted octanol–water partition coefficient (Wildman–Crippen LogP) is 2.12. The molecule has 152 valence electrons. The Morgan fingerprint density at radius 1 is 1.31 bits per heavy atom. The van der Waals surface area contributed by atoms with Crippen molar-refractivity contribution in [1.29, 1.82) is 0 Å². The molecule has 0 spiro atoms. The van der Waals surface area contributed by atoms with E-state index in [2.05, 4.69) is 20.6 Å². The molecule has 1 aromatic heterocycles. The number of hydrogen-bond acceptors (Lipinski definition) is 7. The number of carbonyl (C=O) groups excluding carboxylic acids is 2. The van der Waals surface area contributed by atoms with Gasteiger partial charge in [0.2, 0.25) is 17.8 Å². The van der Waals surface area contributed by atoms with E-state index < -0.39 is 5.92 Å². The Morgan fingerprint density at radius 2 is 2.07 bits per heavy atom. The van der Waals surface area contributed by atoms with Crippen LogP contribution in [0.15, 0.2) is 24.3 Å². The zero-order valence-corrected chi connectivity index (χ0v) is 16.3. The average molecular weight is 396 g/mol. The lowest BCUT2D eigenvalue weighted by Gasteiger charge is -2.27. The van der Waals surface area contributed by atoms with Gasteiger partial charge in [-0.05, 0) is 31.9 Å². The minimum Gasteiger partial charge on any atom is -0.492 e. The number of nitrogen functional groups attached to an aromatic ring is 1. The van der Waals surface area contributed by atoms with E-state index in [0.717, 1.165) is 25.9 Å². The number of hydrogen-bond donors (Lipinski definition) is 3. The van der Waals surface area contributed by atoms with Gasteiger partial charge in [0.1, 0.15) is 17.4 Å². The Labute approximate surface area is 168 Å². The number of para-hydroxylation sites is 2. The summed E-state index contributed by atoms with van der Waals surface area (Å²) in [6.07, 6.45) is 2.11. The molecule has 0 radical (unpaired) electrons. The van der Waals surface area contributed by atoms with E-state index in [0.29, 0.717) is 35.4 Å². The second-order valence-electron chi connectivity index (χ2n) is 7.09. The van der Waals surface area contributed by atoms with Crippen molar-refractivity contribution >= 4 is 35.1 Å². The van der Waals surface area contributed by atoms with Gasteiger partial charge in [0.15, 0.2) is 0 Å². The summed E-state index contributed by atoms with van der Waals surface area (Å²) in [5.41, 5.74) is 7.22. The Bertz CT molecular complexity index is 942. The number of benzene rings is 1. The van der Waals surface area contributed by atoms with Crippen LogP contribution in [0.1, 0.15) is 37.7 Å². The summed E-state index contributed by atoms with van der Waals surface area (Å²) in [6, 6.07) is 7.17. The first-order valence-electron chi connectivity index (χ1n) is 9.81. The summed E-state index contributed by atoms with van der Waals surface area (Å²) in [7, 11) is 0. The van der Waals surface area contributed by atoms with E-state index in [-0.39, 0.29) is 24.1 Å². The Balaban J connectivity index is 1.64. The van der Waals surface area contributed by atoms with Gasteiger partial charge in [-0.25, -0.2) is 0 Å². The van der Waals surface area contributed by atoms with Crippen molar-refractivity contribution in [1.82, 2.24) is 9.97 Å². The quantitative estimate of drug-likeness (QED) is 0.707. The molecule has 29 heavy (non-hydrogen) atoms. The van der Waals surface area contributed by atoms with Crippen LogP contribution in [0.3, 0.4) is 0 Å². The number of ether oxygens (including phenoxy) is 1. The van der Waals surface area contributed by atoms with Gasteiger partial charge in [-0.2, -0.15) is 9.97 Å². The number of aromatic nitrogens is 2. The molecule has 0 saturated carbocycles. The molecule has 9 nitrogen and oxygen atoms in total. The molecule has 3 heterocycles. The fraction of sp³-hybridized carbons (Fsp3) is 0.400. The van der Waals surface area contributed by atoms with Crippen LogP contribution in [0.4, 0.5) is 23.3 Å². The van der Waals surface area contributed by atoms with E-state index in [4.69, 9.17) is 10.5 Å². The molecule has 4 rings (SSSR count). The number of carbonyl (C=O) groups is 2. The lowest BCUT2D eigenvalue weighted by molar-refractivity contribution is -0.123. The maximum Gasteiger partial charge on any atom is 0.232 e. The third kappa shape index (κ3) is 3.80. The van der Waals surface area contributed by atoms with Crippen LogP contribution >= 0.6 is 0 Å². The van der Waals surface area contributed by atoms with Crippen molar-refractivity contribution in [3.05, 3.63) is 29.8 Å². The van der Waals surface area contributed by atoms with Gasteiger partial charge in [-0.3, -0.25) is 9.59 Å². The zero-order valence-electron chi connectivity index (χ0n) is 16.3. The molecular formula is C20H24N6O3. The summed E-state index contributed by atoms with van der Waals surface area (Å²) in [4.78, 5) is 36.3. The Morgan fingerprint density at radius 3 is 2.83 bits per heavy atom. The Kier molecular flexibility index (Phi) is 5.20. The molecule has 1 fully saturated rings. The summed E-state index contributed by atoms with van der Waals surface area (Å²) < 4.78 is 5.56. The molecule has 2 aliphatic rings. The maximum absolute atomic E-state index is 13.1. The van der Waals surface area contributed by atoms with Gasteiger partial charge in [0, 0.05) is 19.5 Å². The second kappa shape index (κ2) is 7.94. The monoisotopic (exact) mass is 396 g/mol. The highest BCUT2D eigenvalue weighted by atomic mass is 16.5. The van der Waals surface area contributed by atoms with Crippen LogP contribution in [0.25, 0.3) is 0 Å². The summed E-state index contributed by atoms with van der Waals surface area (Å²) in [5, 5.41) is 5.60. The summed E-state index contributed by atoms with van der Waals surface area (Å²) in [6.45, 7) is 4.05. The first kappa shape index (κ1) is 19.0. The maximum atomic E-state index is 13.1. The molecule has 0 unspecified atom stereocenters. The number of nitrogens with one attached hydrogen (secondary N) is 2. The molecule has 9 heteroatoms. The van der Waals surface area contributed by atoms with E-state index in [1.54, 1.807) is 18.2 Å². The van der Waals surface area contributed by atoms with Crippen molar-refractivity contribution in [2.45, 2.75) is 32.1 Å². The highest BCUT2D eigenvalue weighted by Gasteiger charge is 2.35. The third-order valence-corrected chi connectivity index (χ3v) is 5.11. The molecule has 1 aromatic carbocycles. The molecule has 0 bridgehead atoms. The topological polar surface area (TPSA) is 122 Å². The third-order valence-electron chi connectivity index (χ3n) is 5.11. The van der Waals surface area contributed by atoms with Crippen LogP contribution in [-0.2, 0) is 9.59 Å². The van der Waals surface area contributed by atoms with Gasteiger partial charge < -0.3 is 26.0 Å². The zero-order chi connectivity index (χ0) is 20.4. The molecule has 2 aromatic rings. The molecule has 4 N–H and O–H groups in total. The highest BCUT2D eigenvalue weighted by Crippen LogP contribution is 2.37. The standard InChI is InChI=1S/C20H24N6O3/c1-2-29-14-8-4-3-7-13(14)22-19(28)12-11-15(27)23-18-16(12)17(21)24-20(25-18)26-9-5-6-10-26/h3-4,7-8,12H,2,5-6,9-11H2,1H3,(H,22,28)(H3,21,23,24,25,27)/t12-/m0/s1. The van der Waals surface area contributed by atoms with E-state index in [1.165, 1.54) is 0 Å². The number of anilines is 4. The predicted molar refractivity (Wildman–Crippen MR) is 110 cm³/mol. The largest absolute Gasteiger partial charge is 0.492 e. The fourth-order valence-electron chi connectivity index (χ4n) is 3.74. The van der Waals surface area contributed by atoms with Crippen molar-refractivity contribution < 1.29 is 14.3 Å².